The lowest BCUT2D eigenvalue weighted by atomic mass is 10.1. The van der Waals surface area contributed by atoms with E-state index in [-0.39, 0.29) is 23.7 Å². The Kier molecular flexibility index (Phi) is 5.37. The van der Waals surface area contributed by atoms with E-state index in [2.05, 4.69) is 27.2 Å². The molecule has 2 heterocycles. The second kappa shape index (κ2) is 8.51. The number of nitrogens with zero attached hydrogens (tertiary/aromatic N) is 4. The Morgan fingerprint density at radius 3 is 2.68 bits per heavy atom. The number of benzene rings is 2. The van der Waals surface area contributed by atoms with Gasteiger partial charge in [-0.2, -0.15) is 4.98 Å². The van der Waals surface area contributed by atoms with Crippen molar-refractivity contribution in [2.45, 2.75) is 32.4 Å². The smallest absolute Gasteiger partial charge is 0.330 e. The molecule has 1 aliphatic heterocycles. The Balaban J connectivity index is 1.48. The lowest BCUT2D eigenvalue weighted by molar-refractivity contribution is -0.111. The molecule has 0 radical (unpaired) electrons. The van der Waals surface area contributed by atoms with Gasteiger partial charge in [-0.05, 0) is 55.7 Å². The van der Waals surface area contributed by atoms with Crippen LogP contribution >= 0.6 is 0 Å². The zero-order chi connectivity index (χ0) is 23.8. The molecule has 0 unspecified atom stereocenters. The summed E-state index contributed by atoms with van der Waals surface area (Å²) in [5.74, 6) is 0.683. The van der Waals surface area contributed by atoms with Crippen molar-refractivity contribution in [3.63, 3.8) is 0 Å². The van der Waals surface area contributed by atoms with Gasteiger partial charge < -0.3 is 15.7 Å². The number of phenols is 1. The summed E-state index contributed by atoms with van der Waals surface area (Å²) in [5, 5.41) is 15.9. The molecule has 9 nitrogen and oxygen atoms in total. The quantitative estimate of drug-likeness (QED) is 0.472. The Hall–Kier alpha value is -4.40. The van der Waals surface area contributed by atoms with Crippen LogP contribution in [0.5, 0.6) is 5.75 Å². The van der Waals surface area contributed by atoms with E-state index in [0.29, 0.717) is 35.4 Å². The third-order valence-corrected chi connectivity index (χ3v) is 5.72. The van der Waals surface area contributed by atoms with Crippen molar-refractivity contribution in [2.75, 3.05) is 20.4 Å². The molecule has 0 atom stereocenters. The highest BCUT2D eigenvalue weighted by Gasteiger charge is 2.42. The van der Waals surface area contributed by atoms with Crippen LogP contribution in [0, 0.1) is 6.92 Å². The second-order valence-corrected chi connectivity index (χ2v) is 8.40. The minimum absolute atomic E-state index is 0.0781. The molecular formula is C25H24N6O3. The Morgan fingerprint density at radius 2 is 1.97 bits per heavy atom. The summed E-state index contributed by atoms with van der Waals surface area (Å²) < 4.78 is 0. The maximum absolute atomic E-state index is 13.5. The van der Waals surface area contributed by atoms with E-state index in [1.165, 1.54) is 6.08 Å². The fourth-order valence-corrected chi connectivity index (χ4v) is 4.00. The molecule has 3 aromatic rings. The SMILES string of the molecule is C=CC(=O)Nc1ccccc1Nc1ncc2c(n1)N(C1CC1)C(=O)N(c1cc(C)cc(O)c1)C2. The van der Waals surface area contributed by atoms with Gasteiger partial charge in [0.05, 0.1) is 17.9 Å². The Labute approximate surface area is 196 Å². The van der Waals surface area contributed by atoms with E-state index >= 15 is 0 Å². The fourth-order valence-electron chi connectivity index (χ4n) is 4.00. The number of carbonyl (C=O) groups is 2. The molecule has 0 bridgehead atoms. The Morgan fingerprint density at radius 1 is 1.21 bits per heavy atom. The molecule has 0 saturated heterocycles. The summed E-state index contributed by atoms with van der Waals surface area (Å²) in [6.07, 6.45) is 4.72. The highest BCUT2D eigenvalue weighted by molar-refractivity contribution is 6.06. The van der Waals surface area contributed by atoms with Gasteiger partial charge in [0, 0.05) is 29.6 Å². The molecule has 2 aromatic carbocycles. The maximum Gasteiger partial charge on any atom is 0.330 e. The average Bonchev–Trinajstić information content (AvgIpc) is 3.64. The van der Waals surface area contributed by atoms with E-state index in [0.717, 1.165) is 24.0 Å². The maximum atomic E-state index is 13.5. The standard InChI is InChI=1S/C25H24N6O3/c1-3-22(33)27-20-6-4-5-7-21(20)28-24-26-13-16-14-30(18-10-15(2)11-19(32)12-18)25(34)31(17-8-9-17)23(16)29-24/h3-7,10-13,17,32H,1,8-9,14H2,2H3,(H,27,33)(H,26,28,29). The van der Waals surface area contributed by atoms with E-state index in [1.54, 1.807) is 40.3 Å². The number of aromatic hydroxyl groups is 1. The number of aromatic nitrogens is 2. The number of urea groups is 1. The first-order valence-corrected chi connectivity index (χ1v) is 11.0. The third kappa shape index (κ3) is 4.15. The molecule has 9 heteroatoms. The van der Waals surface area contributed by atoms with Gasteiger partial charge in [0.25, 0.3) is 0 Å². The largest absolute Gasteiger partial charge is 0.508 e. The zero-order valence-electron chi connectivity index (χ0n) is 18.7. The molecule has 172 valence electrons. The predicted molar refractivity (Wildman–Crippen MR) is 131 cm³/mol. The summed E-state index contributed by atoms with van der Waals surface area (Å²) in [6.45, 7) is 5.66. The number of hydrogen-bond acceptors (Lipinski definition) is 6. The first-order valence-electron chi connectivity index (χ1n) is 11.0. The number of amides is 3. The molecular weight excluding hydrogens is 432 g/mol. The molecule has 5 rings (SSSR count). The Bertz CT molecular complexity index is 1280. The number of carbonyl (C=O) groups excluding carboxylic acids is 2. The summed E-state index contributed by atoms with van der Waals surface area (Å²) in [5.41, 5.74) is 3.49. The third-order valence-electron chi connectivity index (χ3n) is 5.72. The summed E-state index contributed by atoms with van der Waals surface area (Å²) >= 11 is 0. The van der Waals surface area contributed by atoms with E-state index in [9.17, 15) is 14.7 Å². The molecule has 3 amide bonds. The first kappa shape index (κ1) is 21.4. The number of anilines is 5. The van der Waals surface area contributed by atoms with Crippen molar-refractivity contribution in [2.24, 2.45) is 0 Å². The van der Waals surface area contributed by atoms with Crippen LogP contribution < -0.4 is 20.4 Å². The van der Waals surface area contributed by atoms with Crippen molar-refractivity contribution in [1.82, 2.24) is 9.97 Å². The van der Waals surface area contributed by atoms with Gasteiger partial charge in [-0.15, -0.1) is 0 Å². The van der Waals surface area contributed by atoms with Crippen LogP contribution in [0.25, 0.3) is 0 Å². The highest BCUT2D eigenvalue weighted by atomic mass is 16.3. The monoisotopic (exact) mass is 456 g/mol. The summed E-state index contributed by atoms with van der Waals surface area (Å²) in [7, 11) is 0. The number of phenolic OH excluding ortho intramolecular Hbond substituents is 1. The van der Waals surface area contributed by atoms with E-state index < -0.39 is 0 Å². The van der Waals surface area contributed by atoms with Gasteiger partial charge in [-0.1, -0.05) is 18.7 Å². The zero-order valence-corrected chi connectivity index (χ0v) is 18.7. The van der Waals surface area contributed by atoms with Crippen LogP contribution in [0.4, 0.5) is 33.6 Å². The summed E-state index contributed by atoms with van der Waals surface area (Å²) in [6, 6.07) is 12.2. The lowest BCUT2D eigenvalue weighted by Crippen LogP contribution is -2.49. The van der Waals surface area contributed by atoms with Crippen molar-refractivity contribution < 1.29 is 14.7 Å². The minimum Gasteiger partial charge on any atom is -0.508 e. The van der Waals surface area contributed by atoms with Crippen molar-refractivity contribution >= 4 is 40.8 Å². The molecule has 2 aliphatic rings. The number of nitrogens with one attached hydrogen (secondary N) is 2. The van der Waals surface area contributed by atoms with E-state index in [1.807, 2.05) is 25.1 Å². The number of rotatable bonds is 6. The van der Waals surface area contributed by atoms with Gasteiger partial charge in [0.1, 0.15) is 11.6 Å². The molecule has 34 heavy (non-hydrogen) atoms. The van der Waals surface area contributed by atoms with Crippen LogP contribution in [0.3, 0.4) is 0 Å². The van der Waals surface area contributed by atoms with Crippen LogP contribution in [-0.2, 0) is 11.3 Å². The van der Waals surface area contributed by atoms with Gasteiger partial charge in [-0.3, -0.25) is 14.6 Å². The van der Waals surface area contributed by atoms with Crippen molar-refractivity contribution in [3.8, 4) is 5.75 Å². The normalized spacial score (nSPS) is 15.0. The highest BCUT2D eigenvalue weighted by Crippen LogP contribution is 2.39. The second-order valence-electron chi connectivity index (χ2n) is 8.40. The average molecular weight is 457 g/mol. The predicted octanol–water partition coefficient (Wildman–Crippen LogP) is 4.47. The topological polar surface area (TPSA) is 111 Å². The molecule has 1 aliphatic carbocycles. The molecule has 3 N–H and O–H groups in total. The first-order chi connectivity index (χ1) is 16.4. The molecule has 1 aromatic heterocycles. The number of fused-ring (bicyclic) bond motifs is 1. The number of para-hydroxylation sites is 2. The van der Waals surface area contributed by atoms with Crippen LogP contribution in [0.2, 0.25) is 0 Å². The van der Waals surface area contributed by atoms with Crippen LogP contribution in [-0.4, -0.2) is 33.1 Å². The van der Waals surface area contributed by atoms with Crippen LogP contribution in [0.15, 0.2) is 61.3 Å². The number of hydrogen-bond donors (Lipinski definition) is 3. The fraction of sp³-hybridized carbons (Fsp3) is 0.200. The molecule has 0 spiro atoms. The van der Waals surface area contributed by atoms with Gasteiger partial charge in [-0.25, -0.2) is 9.78 Å². The molecule has 1 saturated carbocycles. The van der Waals surface area contributed by atoms with Gasteiger partial charge in [0.15, 0.2) is 0 Å². The lowest BCUT2D eigenvalue weighted by Gasteiger charge is -2.36. The minimum atomic E-state index is -0.326. The van der Waals surface area contributed by atoms with Gasteiger partial charge >= 0.3 is 6.03 Å². The van der Waals surface area contributed by atoms with E-state index in [4.69, 9.17) is 0 Å². The number of aryl methyl sites for hydroxylation is 1. The van der Waals surface area contributed by atoms with Crippen LogP contribution in [0.1, 0.15) is 24.0 Å². The summed E-state index contributed by atoms with van der Waals surface area (Å²) in [4.78, 5) is 37.8. The van der Waals surface area contributed by atoms with Crippen molar-refractivity contribution in [3.05, 3.63) is 72.4 Å². The van der Waals surface area contributed by atoms with Crippen molar-refractivity contribution in [1.29, 1.82) is 0 Å². The van der Waals surface area contributed by atoms with Gasteiger partial charge in [0.2, 0.25) is 11.9 Å². The molecule has 1 fully saturated rings.